The van der Waals surface area contributed by atoms with Crippen molar-refractivity contribution in [3.05, 3.63) is 53.4 Å². The van der Waals surface area contributed by atoms with Crippen LogP contribution in [0.1, 0.15) is 39.3 Å². The highest BCUT2D eigenvalue weighted by molar-refractivity contribution is 6.06. The van der Waals surface area contributed by atoms with Crippen LogP contribution in [0.15, 0.2) is 40.9 Å². The first kappa shape index (κ1) is 23.1. The molecule has 1 fully saturated rings. The van der Waals surface area contributed by atoms with E-state index >= 15 is 0 Å². The van der Waals surface area contributed by atoms with Gasteiger partial charge in [-0.25, -0.2) is 19.4 Å². The Kier molecular flexibility index (Phi) is 6.16. The van der Waals surface area contributed by atoms with Crippen LogP contribution in [0.3, 0.4) is 0 Å². The van der Waals surface area contributed by atoms with Crippen LogP contribution in [0.2, 0.25) is 0 Å². The molecule has 3 aromatic rings. The molecule has 10 nitrogen and oxygen atoms in total. The number of nitrogens with one attached hydrogen (secondary N) is 2. The summed E-state index contributed by atoms with van der Waals surface area (Å²) >= 11 is 0. The van der Waals surface area contributed by atoms with Crippen LogP contribution in [0.4, 0.5) is 13.6 Å². The molecule has 1 saturated heterocycles. The zero-order valence-electron chi connectivity index (χ0n) is 17.8. The number of benzene rings is 1. The van der Waals surface area contributed by atoms with Crippen LogP contribution < -0.4 is 16.6 Å². The number of carbonyl (C=O) groups is 3. The Morgan fingerprint density at radius 3 is 2.53 bits per heavy atom. The molecular weight excluding hydrogens is 452 g/mol. The molecule has 5 N–H and O–H groups in total. The van der Waals surface area contributed by atoms with E-state index in [1.807, 2.05) is 5.43 Å². The zero-order valence-corrected chi connectivity index (χ0v) is 17.8. The molecule has 3 amide bonds. The van der Waals surface area contributed by atoms with Gasteiger partial charge in [-0.05, 0) is 30.3 Å². The van der Waals surface area contributed by atoms with Gasteiger partial charge in [0.1, 0.15) is 11.3 Å². The molecule has 0 radical (unpaired) electrons. The van der Waals surface area contributed by atoms with Crippen LogP contribution in [0, 0.1) is 0 Å². The second-order valence-corrected chi connectivity index (χ2v) is 7.87. The van der Waals surface area contributed by atoms with Gasteiger partial charge in [0, 0.05) is 43.1 Å². The van der Waals surface area contributed by atoms with E-state index in [0.717, 1.165) is 0 Å². The number of rotatable bonds is 5. The van der Waals surface area contributed by atoms with E-state index in [4.69, 9.17) is 15.4 Å². The molecule has 2 aromatic heterocycles. The third-order valence-corrected chi connectivity index (χ3v) is 5.55. The maximum absolute atomic E-state index is 13.4. The fourth-order valence-electron chi connectivity index (χ4n) is 3.76. The molecule has 0 spiro atoms. The Labute approximate surface area is 191 Å². The topological polar surface area (TPSA) is 151 Å². The van der Waals surface area contributed by atoms with Gasteiger partial charge >= 0.3 is 6.09 Å². The van der Waals surface area contributed by atoms with Crippen molar-refractivity contribution in [3.63, 3.8) is 0 Å². The van der Waals surface area contributed by atoms with Crippen LogP contribution >= 0.6 is 0 Å². The largest absolute Gasteiger partial charge is 0.465 e. The summed E-state index contributed by atoms with van der Waals surface area (Å²) in [5.74, 6) is 1.84. The number of nitrogen functional groups attached to an aromatic ring is 1. The lowest BCUT2D eigenvalue weighted by Crippen LogP contribution is -2.42. The minimum absolute atomic E-state index is 0.0264. The molecular formula is C22H21F2N5O5. The molecule has 0 bridgehead atoms. The van der Waals surface area contributed by atoms with Crippen molar-refractivity contribution < 1.29 is 32.7 Å². The van der Waals surface area contributed by atoms with E-state index in [1.165, 1.54) is 17.2 Å². The maximum atomic E-state index is 13.4. The summed E-state index contributed by atoms with van der Waals surface area (Å²) in [6.45, 7) is -0.150. The third kappa shape index (κ3) is 4.81. The Bertz CT molecular complexity index is 1250. The zero-order chi connectivity index (χ0) is 24.5. The Hall–Kier alpha value is -4.06. The van der Waals surface area contributed by atoms with Gasteiger partial charge in [0.25, 0.3) is 17.7 Å². The maximum Gasteiger partial charge on any atom is 0.405 e. The normalized spacial score (nSPS) is 15.2. The molecule has 34 heavy (non-hydrogen) atoms. The number of halogens is 2. The van der Waals surface area contributed by atoms with Crippen molar-refractivity contribution in [2.45, 2.75) is 25.3 Å². The van der Waals surface area contributed by atoms with E-state index in [2.05, 4.69) is 10.3 Å². The number of hydrazine groups is 1. The average molecular weight is 473 g/mol. The first-order chi connectivity index (χ1) is 16.2. The predicted molar refractivity (Wildman–Crippen MR) is 116 cm³/mol. The summed E-state index contributed by atoms with van der Waals surface area (Å²) in [6.07, 6.45) is -0.608. The number of fused-ring (bicyclic) bond motifs is 1. The van der Waals surface area contributed by atoms with Crippen molar-refractivity contribution in [1.29, 1.82) is 0 Å². The van der Waals surface area contributed by atoms with E-state index in [1.54, 1.807) is 24.3 Å². The number of carbonyl (C=O) groups excluding carboxylic acids is 2. The van der Waals surface area contributed by atoms with E-state index in [-0.39, 0.29) is 55.1 Å². The second kappa shape index (κ2) is 9.06. The van der Waals surface area contributed by atoms with Gasteiger partial charge in [-0.2, -0.15) is 0 Å². The van der Waals surface area contributed by atoms with Gasteiger partial charge in [-0.3, -0.25) is 20.0 Å². The van der Waals surface area contributed by atoms with E-state index in [9.17, 15) is 23.2 Å². The number of nitrogens with zero attached hydrogens (tertiary/aromatic N) is 2. The first-order valence-electron chi connectivity index (χ1n) is 10.3. The Morgan fingerprint density at radius 1 is 1.18 bits per heavy atom. The number of nitrogens with two attached hydrogens (primary N) is 1. The fraction of sp³-hybridized carbons (Fsp3) is 0.273. The molecule has 4 rings (SSSR count). The van der Waals surface area contributed by atoms with Crippen LogP contribution in [-0.4, -0.2) is 51.9 Å². The molecule has 1 aliphatic heterocycles. The summed E-state index contributed by atoms with van der Waals surface area (Å²) in [5, 5.41) is 11.5. The van der Waals surface area contributed by atoms with Gasteiger partial charge in [-0.1, -0.05) is 0 Å². The number of piperidine rings is 1. The molecule has 3 heterocycles. The molecule has 0 saturated carbocycles. The van der Waals surface area contributed by atoms with Gasteiger partial charge in [0.15, 0.2) is 0 Å². The van der Waals surface area contributed by atoms with Crippen LogP contribution in [0.5, 0.6) is 0 Å². The van der Waals surface area contributed by atoms with Crippen molar-refractivity contribution in [2.24, 2.45) is 5.84 Å². The van der Waals surface area contributed by atoms with E-state index < -0.39 is 17.9 Å². The van der Waals surface area contributed by atoms with Gasteiger partial charge in [0.05, 0.1) is 23.4 Å². The molecule has 0 unspecified atom stereocenters. The monoisotopic (exact) mass is 473 g/mol. The Morgan fingerprint density at radius 2 is 1.91 bits per heavy atom. The van der Waals surface area contributed by atoms with Crippen molar-refractivity contribution in [2.75, 3.05) is 13.1 Å². The van der Waals surface area contributed by atoms with E-state index in [0.29, 0.717) is 22.4 Å². The van der Waals surface area contributed by atoms with Gasteiger partial charge in [-0.15, -0.1) is 0 Å². The molecule has 1 aromatic carbocycles. The number of aromatic nitrogens is 1. The number of hydrogen-bond donors (Lipinski definition) is 4. The number of alkyl halides is 2. The quantitative estimate of drug-likeness (QED) is 0.253. The Balaban J connectivity index is 1.61. The van der Waals surface area contributed by atoms with Gasteiger partial charge in [0.2, 0.25) is 0 Å². The standard InChI is InChI=1S/C22H21F2N5O5/c23-22(24)3-5-29(6-4-22)20(31)12-1-2-17(26-10-12)13-7-14-8-15(11-27-21(32)33)34-18(14)16(9-13)19(30)28-25/h1-2,7-10,27H,3-6,11,25H2,(H,28,30)(H,32,33). The summed E-state index contributed by atoms with van der Waals surface area (Å²) in [7, 11) is 0. The number of carboxylic acid groups (broad SMARTS) is 1. The number of hydrogen-bond acceptors (Lipinski definition) is 6. The van der Waals surface area contributed by atoms with Crippen molar-refractivity contribution >= 4 is 28.9 Å². The van der Waals surface area contributed by atoms with Gasteiger partial charge < -0.3 is 19.7 Å². The third-order valence-electron chi connectivity index (χ3n) is 5.55. The van der Waals surface area contributed by atoms with Crippen molar-refractivity contribution in [3.8, 4) is 11.3 Å². The average Bonchev–Trinajstić information content (AvgIpc) is 3.24. The number of pyridine rings is 1. The molecule has 12 heteroatoms. The van der Waals surface area contributed by atoms with Crippen molar-refractivity contribution in [1.82, 2.24) is 20.6 Å². The molecule has 1 aliphatic rings. The smallest absolute Gasteiger partial charge is 0.405 e. The first-order valence-corrected chi connectivity index (χ1v) is 10.3. The fourth-order valence-corrected chi connectivity index (χ4v) is 3.76. The molecule has 0 aliphatic carbocycles. The molecule has 0 atom stereocenters. The highest BCUT2D eigenvalue weighted by atomic mass is 19.3. The summed E-state index contributed by atoms with van der Waals surface area (Å²) in [6, 6.07) is 7.93. The summed E-state index contributed by atoms with van der Waals surface area (Å²) in [5.41, 5.74) is 3.63. The minimum Gasteiger partial charge on any atom is -0.465 e. The van der Waals surface area contributed by atoms with Crippen LogP contribution in [0.25, 0.3) is 22.2 Å². The number of amides is 3. The highest BCUT2D eigenvalue weighted by Crippen LogP contribution is 2.31. The summed E-state index contributed by atoms with van der Waals surface area (Å²) < 4.78 is 32.4. The summed E-state index contributed by atoms with van der Waals surface area (Å²) in [4.78, 5) is 41.4. The second-order valence-electron chi connectivity index (χ2n) is 7.87. The predicted octanol–water partition coefficient (Wildman–Crippen LogP) is 2.74. The highest BCUT2D eigenvalue weighted by Gasteiger charge is 2.35. The minimum atomic E-state index is -2.75. The lowest BCUT2D eigenvalue weighted by molar-refractivity contribution is -0.0494. The number of furan rings is 1. The SMILES string of the molecule is NNC(=O)c1cc(-c2ccc(C(=O)N3CCC(F)(F)CC3)cn2)cc2cc(CNC(=O)O)oc12. The lowest BCUT2D eigenvalue weighted by Gasteiger charge is -2.31. The number of likely N-dealkylation sites (tertiary alicyclic amines) is 1. The lowest BCUT2D eigenvalue weighted by atomic mass is 10.0. The van der Waals surface area contributed by atoms with Crippen LogP contribution in [-0.2, 0) is 6.54 Å². The molecule has 178 valence electrons.